The van der Waals surface area contributed by atoms with Gasteiger partial charge in [0, 0.05) is 31.7 Å². The first-order chi connectivity index (χ1) is 15.7. The number of nitrogens with one attached hydrogen (secondary N) is 1. The standard InChI is InChI=1S/C23H28N6O2S/c1-32-22-26-20-8-5-11-25-14-19(20)21(27-22)28-12-13-29(18(15-28)9-10-24)23(30)31-16-17-6-3-2-4-7-17/h2-4,6-7,18,25H,5,8-9,11-16H2,1H3/t18-/m0/s1. The van der Waals surface area contributed by atoms with E-state index in [9.17, 15) is 10.1 Å². The monoisotopic (exact) mass is 452 g/mol. The van der Waals surface area contributed by atoms with Crippen LogP contribution in [0.3, 0.4) is 0 Å². The van der Waals surface area contributed by atoms with E-state index in [1.54, 1.807) is 16.7 Å². The molecule has 0 spiro atoms. The van der Waals surface area contributed by atoms with Crippen LogP contribution in [0.2, 0.25) is 0 Å². The van der Waals surface area contributed by atoms with Crippen LogP contribution in [0.25, 0.3) is 0 Å². The Balaban J connectivity index is 1.51. The fraction of sp³-hybridized carbons (Fsp3) is 0.478. The van der Waals surface area contributed by atoms with Gasteiger partial charge in [0.2, 0.25) is 0 Å². The number of carbonyl (C=O) groups is 1. The number of rotatable bonds is 5. The number of hydrogen-bond donors (Lipinski definition) is 1. The Morgan fingerprint density at radius 2 is 2.16 bits per heavy atom. The van der Waals surface area contributed by atoms with Crippen molar-refractivity contribution in [1.29, 1.82) is 5.26 Å². The Morgan fingerprint density at radius 3 is 2.94 bits per heavy atom. The van der Waals surface area contributed by atoms with Gasteiger partial charge in [0.1, 0.15) is 12.4 Å². The van der Waals surface area contributed by atoms with Crippen LogP contribution < -0.4 is 10.2 Å². The normalized spacial score (nSPS) is 18.4. The Kier molecular flexibility index (Phi) is 7.45. The van der Waals surface area contributed by atoms with Crippen molar-refractivity contribution in [1.82, 2.24) is 20.2 Å². The van der Waals surface area contributed by atoms with Crippen molar-refractivity contribution in [3.8, 4) is 6.07 Å². The predicted octanol–water partition coefficient (Wildman–Crippen LogP) is 2.98. The zero-order valence-corrected chi connectivity index (χ0v) is 19.1. The topological polar surface area (TPSA) is 94.4 Å². The number of nitrogens with zero attached hydrogens (tertiary/aromatic N) is 5. The van der Waals surface area contributed by atoms with Crippen molar-refractivity contribution in [3.63, 3.8) is 0 Å². The third-order valence-electron chi connectivity index (χ3n) is 5.85. The molecule has 1 saturated heterocycles. The van der Waals surface area contributed by atoms with Gasteiger partial charge < -0.3 is 19.9 Å². The van der Waals surface area contributed by atoms with Gasteiger partial charge in [-0.3, -0.25) is 0 Å². The molecule has 2 aliphatic heterocycles. The number of thioether (sulfide) groups is 1. The second-order valence-corrected chi connectivity index (χ2v) is 8.71. The van der Waals surface area contributed by atoms with Gasteiger partial charge in [-0.25, -0.2) is 14.8 Å². The lowest BCUT2D eigenvalue weighted by Crippen LogP contribution is -2.55. The summed E-state index contributed by atoms with van der Waals surface area (Å²) in [4.78, 5) is 26.3. The third-order valence-corrected chi connectivity index (χ3v) is 6.40. The third kappa shape index (κ3) is 5.14. The van der Waals surface area contributed by atoms with Gasteiger partial charge in [0.15, 0.2) is 5.16 Å². The van der Waals surface area contributed by atoms with E-state index in [4.69, 9.17) is 14.7 Å². The van der Waals surface area contributed by atoms with Crippen LogP contribution in [-0.4, -0.2) is 59.4 Å². The SMILES string of the molecule is CSc1nc2c(c(N3CCN(C(=O)OCc4ccccc4)[C@@H](CC#N)C3)n1)CNCCC2. The number of anilines is 1. The summed E-state index contributed by atoms with van der Waals surface area (Å²) < 4.78 is 5.55. The number of ether oxygens (including phenoxy) is 1. The molecule has 0 saturated carbocycles. The summed E-state index contributed by atoms with van der Waals surface area (Å²) >= 11 is 1.54. The number of hydrogen-bond acceptors (Lipinski definition) is 8. The lowest BCUT2D eigenvalue weighted by Gasteiger charge is -2.41. The Labute approximate surface area is 193 Å². The molecule has 1 fully saturated rings. The fourth-order valence-electron chi connectivity index (χ4n) is 4.20. The summed E-state index contributed by atoms with van der Waals surface area (Å²) in [5.74, 6) is 0.925. The molecule has 8 nitrogen and oxygen atoms in total. The lowest BCUT2D eigenvalue weighted by atomic mass is 10.1. The first-order valence-corrected chi connectivity index (χ1v) is 12.2. The molecule has 32 heavy (non-hydrogen) atoms. The van der Waals surface area contributed by atoms with Crippen LogP contribution in [-0.2, 0) is 24.3 Å². The number of carbonyl (C=O) groups excluding carboxylic acids is 1. The minimum absolute atomic E-state index is 0.224. The summed E-state index contributed by atoms with van der Waals surface area (Å²) in [5, 5.41) is 13.6. The molecular formula is C23H28N6O2S. The lowest BCUT2D eigenvalue weighted by molar-refractivity contribution is 0.0768. The minimum Gasteiger partial charge on any atom is -0.445 e. The highest BCUT2D eigenvalue weighted by atomic mass is 32.2. The number of fused-ring (bicyclic) bond motifs is 1. The van der Waals surface area contributed by atoms with Crippen molar-refractivity contribution in [3.05, 3.63) is 47.2 Å². The molecule has 0 aliphatic carbocycles. The molecule has 9 heteroatoms. The van der Waals surface area contributed by atoms with Gasteiger partial charge in [0.25, 0.3) is 0 Å². The van der Waals surface area contributed by atoms with E-state index in [-0.39, 0.29) is 25.2 Å². The molecule has 1 aromatic carbocycles. The second kappa shape index (κ2) is 10.7. The van der Waals surface area contributed by atoms with Crippen LogP contribution >= 0.6 is 11.8 Å². The Hall–Kier alpha value is -2.83. The summed E-state index contributed by atoms with van der Waals surface area (Å²) in [6.45, 7) is 3.59. The highest BCUT2D eigenvalue weighted by Crippen LogP contribution is 2.29. The fourth-order valence-corrected chi connectivity index (χ4v) is 4.58. The maximum absolute atomic E-state index is 12.8. The maximum atomic E-state index is 12.8. The van der Waals surface area contributed by atoms with Crippen LogP contribution in [0.5, 0.6) is 0 Å². The molecule has 2 aromatic rings. The van der Waals surface area contributed by atoms with Crippen LogP contribution in [0, 0.1) is 11.3 Å². The molecule has 1 amide bonds. The molecule has 2 aliphatic rings. The molecule has 1 N–H and O–H groups in total. The molecular weight excluding hydrogens is 424 g/mol. The number of nitriles is 1. The van der Waals surface area contributed by atoms with E-state index < -0.39 is 0 Å². The van der Waals surface area contributed by atoms with Gasteiger partial charge >= 0.3 is 6.09 Å². The van der Waals surface area contributed by atoms with Gasteiger partial charge in [-0.05, 0) is 31.2 Å². The zero-order chi connectivity index (χ0) is 22.3. The first kappa shape index (κ1) is 22.4. The summed E-state index contributed by atoms with van der Waals surface area (Å²) in [5.41, 5.74) is 3.18. The molecule has 0 bridgehead atoms. The molecule has 0 unspecified atom stereocenters. The van der Waals surface area contributed by atoms with Crippen LogP contribution in [0.15, 0.2) is 35.5 Å². The molecule has 168 valence electrons. The first-order valence-electron chi connectivity index (χ1n) is 10.9. The summed E-state index contributed by atoms with van der Waals surface area (Å²) in [6.07, 6.45) is 3.84. The predicted molar refractivity (Wildman–Crippen MR) is 123 cm³/mol. The number of piperazine rings is 1. The van der Waals surface area contributed by atoms with E-state index in [2.05, 4.69) is 16.3 Å². The molecule has 1 aromatic heterocycles. The highest BCUT2D eigenvalue weighted by Gasteiger charge is 2.33. The van der Waals surface area contributed by atoms with E-state index in [1.165, 1.54) is 0 Å². The Morgan fingerprint density at radius 1 is 1.31 bits per heavy atom. The van der Waals surface area contributed by atoms with Gasteiger partial charge in [-0.15, -0.1) is 0 Å². The number of aryl methyl sites for hydroxylation is 1. The van der Waals surface area contributed by atoms with Crippen LogP contribution in [0.1, 0.15) is 29.7 Å². The number of benzene rings is 1. The molecule has 0 radical (unpaired) electrons. The number of amides is 1. The van der Waals surface area contributed by atoms with Crippen molar-refractivity contribution in [2.45, 2.75) is 43.6 Å². The molecule has 3 heterocycles. The van der Waals surface area contributed by atoms with Crippen molar-refractivity contribution in [2.75, 3.05) is 37.3 Å². The largest absolute Gasteiger partial charge is 0.445 e. The smallest absolute Gasteiger partial charge is 0.410 e. The molecule has 4 rings (SSSR count). The average molecular weight is 453 g/mol. The van der Waals surface area contributed by atoms with Gasteiger partial charge in [0.05, 0.1) is 24.2 Å². The van der Waals surface area contributed by atoms with Crippen molar-refractivity contribution < 1.29 is 9.53 Å². The van der Waals surface area contributed by atoms with E-state index in [0.717, 1.165) is 53.7 Å². The minimum atomic E-state index is -0.373. The van der Waals surface area contributed by atoms with Gasteiger partial charge in [-0.1, -0.05) is 42.1 Å². The van der Waals surface area contributed by atoms with E-state index in [0.29, 0.717) is 19.6 Å². The maximum Gasteiger partial charge on any atom is 0.410 e. The van der Waals surface area contributed by atoms with E-state index >= 15 is 0 Å². The summed E-state index contributed by atoms with van der Waals surface area (Å²) in [6, 6.07) is 11.6. The average Bonchev–Trinajstić information content (AvgIpc) is 3.08. The van der Waals surface area contributed by atoms with Gasteiger partial charge in [-0.2, -0.15) is 5.26 Å². The summed E-state index contributed by atoms with van der Waals surface area (Å²) in [7, 11) is 0. The Bertz CT molecular complexity index is 980. The zero-order valence-electron chi connectivity index (χ0n) is 18.3. The quantitative estimate of drug-likeness (QED) is 0.547. The van der Waals surface area contributed by atoms with Crippen molar-refractivity contribution in [2.24, 2.45) is 0 Å². The second-order valence-electron chi connectivity index (χ2n) is 7.94. The van der Waals surface area contributed by atoms with Crippen molar-refractivity contribution >= 4 is 23.7 Å². The highest BCUT2D eigenvalue weighted by molar-refractivity contribution is 7.98. The van der Waals surface area contributed by atoms with Crippen LogP contribution in [0.4, 0.5) is 10.6 Å². The number of aromatic nitrogens is 2. The molecule has 1 atom stereocenters. The van der Waals surface area contributed by atoms with E-state index in [1.807, 2.05) is 36.6 Å².